The SMILES string of the molecule is O=C(C1CCN(Cc2cccnc2)CC1)N1CCN(c2ccccc2F)CC1.O=C(O)C(=O)O. The predicted octanol–water partition coefficient (Wildman–Crippen LogP) is 1.94. The zero-order chi connectivity index (χ0) is 24.5. The number of hydrogen-bond donors (Lipinski definition) is 2. The van der Waals surface area contributed by atoms with E-state index in [0.29, 0.717) is 31.9 Å². The van der Waals surface area contributed by atoms with E-state index < -0.39 is 11.9 Å². The summed E-state index contributed by atoms with van der Waals surface area (Å²) in [6.45, 7) is 5.50. The van der Waals surface area contributed by atoms with Gasteiger partial charge in [-0.2, -0.15) is 0 Å². The second kappa shape index (κ2) is 12.1. The van der Waals surface area contributed by atoms with Gasteiger partial charge in [-0.25, -0.2) is 14.0 Å². The van der Waals surface area contributed by atoms with Gasteiger partial charge in [-0.3, -0.25) is 14.7 Å². The molecule has 10 heteroatoms. The number of likely N-dealkylation sites (tertiary alicyclic amines) is 1. The van der Waals surface area contributed by atoms with Crippen molar-refractivity contribution >= 4 is 23.5 Å². The normalized spacial score (nSPS) is 17.0. The summed E-state index contributed by atoms with van der Waals surface area (Å²) < 4.78 is 14.0. The molecule has 1 amide bonds. The summed E-state index contributed by atoms with van der Waals surface area (Å²) in [6, 6.07) is 10.9. The first kappa shape index (κ1) is 25.1. The van der Waals surface area contributed by atoms with Crippen LogP contribution in [-0.4, -0.2) is 82.1 Å². The molecule has 2 saturated heterocycles. The quantitative estimate of drug-likeness (QED) is 0.649. The summed E-state index contributed by atoms with van der Waals surface area (Å²) in [4.78, 5) is 41.7. The van der Waals surface area contributed by atoms with Crippen molar-refractivity contribution < 1.29 is 29.0 Å². The fraction of sp³-hybridized carbons (Fsp3) is 0.417. The molecule has 0 saturated carbocycles. The number of benzene rings is 1. The van der Waals surface area contributed by atoms with Gasteiger partial charge in [-0.15, -0.1) is 0 Å². The Morgan fingerprint density at radius 1 is 0.912 bits per heavy atom. The van der Waals surface area contributed by atoms with Crippen LogP contribution in [0.15, 0.2) is 48.8 Å². The fourth-order valence-corrected chi connectivity index (χ4v) is 4.22. The number of pyridine rings is 1. The van der Waals surface area contributed by atoms with Crippen LogP contribution < -0.4 is 4.90 Å². The number of carboxylic acids is 2. The van der Waals surface area contributed by atoms with E-state index in [-0.39, 0.29) is 17.6 Å². The van der Waals surface area contributed by atoms with Gasteiger partial charge in [-0.05, 0) is 49.7 Å². The van der Waals surface area contributed by atoms with E-state index in [0.717, 1.165) is 32.5 Å². The molecule has 2 aliphatic rings. The average Bonchev–Trinajstić information content (AvgIpc) is 2.85. The number of piperidine rings is 1. The Hall–Kier alpha value is -3.53. The highest BCUT2D eigenvalue weighted by atomic mass is 19.1. The van der Waals surface area contributed by atoms with E-state index in [2.05, 4.69) is 16.0 Å². The summed E-state index contributed by atoms with van der Waals surface area (Å²) in [6.07, 6.45) is 5.52. The van der Waals surface area contributed by atoms with Crippen LogP contribution in [0.5, 0.6) is 0 Å². The molecule has 2 aromatic rings. The van der Waals surface area contributed by atoms with Crippen molar-refractivity contribution in [3.05, 3.63) is 60.2 Å². The molecule has 0 unspecified atom stereocenters. The van der Waals surface area contributed by atoms with Crippen LogP contribution in [0.25, 0.3) is 0 Å². The number of carbonyl (C=O) groups excluding carboxylic acids is 1. The molecular formula is C24H29FN4O5. The zero-order valence-electron chi connectivity index (χ0n) is 18.8. The minimum atomic E-state index is -1.82. The third kappa shape index (κ3) is 6.98. The van der Waals surface area contributed by atoms with Crippen LogP contribution in [0.2, 0.25) is 0 Å². The first-order valence-corrected chi connectivity index (χ1v) is 11.2. The van der Waals surface area contributed by atoms with E-state index in [1.807, 2.05) is 34.2 Å². The molecule has 3 heterocycles. The first-order chi connectivity index (χ1) is 16.3. The minimum Gasteiger partial charge on any atom is -0.473 e. The van der Waals surface area contributed by atoms with Gasteiger partial charge in [0.05, 0.1) is 5.69 Å². The second-order valence-corrected chi connectivity index (χ2v) is 8.29. The highest BCUT2D eigenvalue weighted by molar-refractivity contribution is 6.27. The largest absolute Gasteiger partial charge is 0.473 e. The van der Waals surface area contributed by atoms with Crippen LogP contribution in [-0.2, 0) is 20.9 Å². The predicted molar refractivity (Wildman–Crippen MR) is 123 cm³/mol. The van der Waals surface area contributed by atoms with Crippen molar-refractivity contribution in [2.75, 3.05) is 44.2 Å². The lowest BCUT2D eigenvalue weighted by Crippen LogP contribution is -2.51. The Bertz CT molecular complexity index is 962. The highest BCUT2D eigenvalue weighted by Crippen LogP contribution is 2.24. The Morgan fingerprint density at radius 2 is 1.56 bits per heavy atom. The van der Waals surface area contributed by atoms with Gasteiger partial charge >= 0.3 is 11.9 Å². The number of anilines is 1. The van der Waals surface area contributed by atoms with E-state index in [4.69, 9.17) is 19.8 Å². The third-order valence-electron chi connectivity index (χ3n) is 6.03. The van der Waals surface area contributed by atoms with E-state index >= 15 is 0 Å². The van der Waals surface area contributed by atoms with Crippen LogP contribution in [0.4, 0.5) is 10.1 Å². The number of carbonyl (C=O) groups is 3. The van der Waals surface area contributed by atoms with Crippen molar-refractivity contribution in [3.8, 4) is 0 Å². The molecule has 1 aromatic carbocycles. The number of nitrogens with zero attached hydrogens (tertiary/aromatic N) is 4. The van der Waals surface area contributed by atoms with Crippen molar-refractivity contribution in [3.63, 3.8) is 0 Å². The van der Waals surface area contributed by atoms with Gasteiger partial charge in [0.2, 0.25) is 5.91 Å². The molecule has 0 bridgehead atoms. The number of hydrogen-bond acceptors (Lipinski definition) is 6. The Kier molecular flexibility index (Phi) is 8.92. The fourth-order valence-electron chi connectivity index (χ4n) is 4.22. The number of rotatable bonds is 4. The summed E-state index contributed by atoms with van der Waals surface area (Å²) in [5.41, 5.74) is 1.86. The Labute approximate surface area is 197 Å². The topological polar surface area (TPSA) is 114 Å². The third-order valence-corrected chi connectivity index (χ3v) is 6.03. The standard InChI is InChI=1S/C22H27FN4O.C2H2O4/c23-20-5-1-2-6-21(20)26-12-14-27(15-13-26)22(28)19-7-10-25(11-8-19)17-18-4-3-9-24-16-18;3-1(4)2(5)6/h1-6,9,16,19H,7-8,10-15,17H2;(H,3,4)(H,5,6). The van der Waals surface area contributed by atoms with Crippen LogP contribution in [0, 0.1) is 11.7 Å². The molecule has 34 heavy (non-hydrogen) atoms. The summed E-state index contributed by atoms with van der Waals surface area (Å²) >= 11 is 0. The summed E-state index contributed by atoms with van der Waals surface area (Å²) in [5.74, 6) is -3.45. The molecule has 9 nitrogen and oxygen atoms in total. The minimum absolute atomic E-state index is 0.116. The van der Waals surface area contributed by atoms with Gasteiger partial charge in [0.25, 0.3) is 0 Å². The zero-order valence-corrected chi connectivity index (χ0v) is 18.8. The molecule has 1 aromatic heterocycles. The molecule has 0 radical (unpaired) electrons. The summed E-state index contributed by atoms with van der Waals surface area (Å²) in [7, 11) is 0. The van der Waals surface area contributed by atoms with Crippen molar-refractivity contribution in [1.82, 2.24) is 14.8 Å². The molecule has 0 aliphatic carbocycles. The molecule has 4 rings (SSSR count). The molecule has 2 N–H and O–H groups in total. The number of halogens is 1. The number of para-hydroxylation sites is 1. The van der Waals surface area contributed by atoms with Gasteiger partial charge in [0, 0.05) is 51.0 Å². The first-order valence-electron chi connectivity index (χ1n) is 11.2. The van der Waals surface area contributed by atoms with Crippen LogP contribution in [0.1, 0.15) is 18.4 Å². The van der Waals surface area contributed by atoms with Crippen molar-refractivity contribution in [2.45, 2.75) is 19.4 Å². The Morgan fingerprint density at radius 3 is 2.12 bits per heavy atom. The number of aliphatic carboxylic acids is 2. The lowest BCUT2D eigenvalue weighted by molar-refractivity contribution is -0.159. The smallest absolute Gasteiger partial charge is 0.414 e. The number of aromatic nitrogens is 1. The number of amides is 1. The van der Waals surface area contributed by atoms with Crippen LogP contribution in [0.3, 0.4) is 0 Å². The van der Waals surface area contributed by atoms with Crippen molar-refractivity contribution in [2.24, 2.45) is 5.92 Å². The monoisotopic (exact) mass is 472 g/mol. The van der Waals surface area contributed by atoms with E-state index in [1.54, 1.807) is 12.3 Å². The van der Waals surface area contributed by atoms with Gasteiger partial charge in [0.15, 0.2) is 0 Å². The average molecular weight is 473 g/mol. The van der Waals surface area contributed by atoms with Gasteiger partial charge < -0.3 is 20.0 Å². The number of piperazine rings is 1. The lowest BCUT2D eigenvalue weighted by Gasteiger charge is -2.39. The number of carboxylic acid groups (broad SMARTS) is 2. The maximum Gasteiger partial charge on any atom is 0.414 e. The lowest BCUT2D eigenvalue weighted by atomic mass is 9.94. The molecule has 0 atom stereocenters. The summed E-state index contributed by atoms with van der Waals surface area (Å²) in [5, 5.41) is 14.8. The highest BCUT2D eigenvalue weighted by Gasteiger charge is 2.30. The second-order valence-electron chi connectivity index (χ2n) is 8.29. The molecule has 182 valence electrons. The molecule has 2 fully saturated rings. The Balaban J connectivity index is 0.000000481. The maximum absolute atomic E-state index is 14.0. The van der Waals surface area contributed by atoms with E-state index in [9.17, 15) is 9.18 Å². The van der Waals surface area contributed by atoms with Crippen LogP contribution >= 0.6 is 0 Å². The molecule has 0 spiro atoms. The molecule has 2 aliphatic heterocycles. The van der Waals surface area contributed by atoms with Gasteiger partial charge in [-0.1, -0.05) is 18.2 Å². The molecular weight excluding hydrogens is 443 g/mol. The van der Waals surface area contributed by atoms with Crippen molar-refractivity contribution in [1.29, 1.82) is 0 Å². The van der Waals surface area contributed by atoms with Gasteiger partial charge in [0.1, 0.15) is 5.82 Å². The van der Waals surface area contributed by atoms with E-state index in [1.165, 1.54) is 11.6 Å². The maximum atomic E-state index is 14.0.